The summed E-state index contributed by atoms with van der Waals surface area (Å²) in [6.07, 6.45) is 1.10. The number of anilines is 1. The highest BCUT2D eigenvalue weighted by atomic mass is 16.5. The van der Waals surface area contributed by atoms with Crippen LogP contribution in [0.15, 0.2) is 24.3 Å². The van der Waals surface area contributed by atoms with E-state index in [1.54, 1.807) is 7.11 Å². The number of nitrogens with one attached hydrogen (secondary N) is 1. The van der Waals surface area contributed by atoms with Crippen LogP contribution in [0.5, 0.6) is 0 Å². The summed E-state index contributed by atoms with van der Waals surface area (Å²) >= 11 is 0. The molecule has 0 aliphatic carbocycles. The summed E-state index contributed by atoms with van der Waals surface area (Å²) in [6.45, 7) is 6.11. The van der Waals surface area contributed by atoms with Gasteiger partial charge in [0.15, 0.2) is 0 Å². The first kappa shape index (κ1) is 12.1. The second-order valence-electron chi connectivity index (χ2n) is 3.99. The first-order valence-corrected chi connectivity index (χ1v) is 5.58. The summed E-state index contributed by atoms with van der Waals surface area (Å²) in [6, 6.07) is 8.61. The van der Waals surface area contributed by atoms with Crippen molar-refractivity contribution in [2.45, 2.75) is 20.3 Å². The highest BCUT2D eigenvalue weighted by Crippen LogP contribution is 2.10. The van der Waals surface area contributed by atoms with Crippen LogP contribution in [0.4, 0.5) is 5.69 Å². The predicted octanol–water partition coefficient (Wildman–Crippen LogP) is 2.94. The van der Waals surface area contributed by atoms with Gasteiger partial charge in [0.2, 0.25) is 0 Å². The van der Waals surface area contributed by atoms with Gasteiger partial charge in [0, 0.05) is 19.3 Å². The Bertz CT molecular complexity index is 268. The molecule has 0 fully saturated rings. The van der Waals surface area contributed by atoms with Gasteiger partial charge in [-0.1, -0.05) is 26.0 Å². The second-order valence-corrected chi connectivity index (χ2v) is 3.99. The van der Waals surface area contributed by atoms with Gasteiger partial charge in [0.1, 0.15) is 0 Å². The van der Waals surface area contributed by atoms with Gasteiger partial charge in [-0.3, -0.25) is 0 Å². The average molecular weight is 207 g/mol. The van der Waals surface area contributed by atoms with Crippen LogP contribution in [0, 0.1) is 5.92 Å². The normalized spacial score (nSPS) is 12.5. The van der Waals surface area contributed by atoms with E-state index in [0.29, 0.717) is 5.92 Å². The molecule has 0 spiro atoms. The zero-order valence-corrected chi connectivity index (χ0v) is 9.92. The van der Waals surface area contributed by atoms with Gasteiger partial charge in [0.25, 0.3) is 0 Å². The van der Waals surface area contributed by atoms with E-state index in [4.69, 9.17) is 4.74 Å². The van der Waals surface area contributed by atoms with E-state index in [1.807, 2.05) is 0 Å². The van der Waals surface area contributed by atoms with Crippen molar-refractivity contribution in [2.75, 3.05) is 25.6 Å². The van der Waals surface area contributed by atoms with E-state index in [1.165, 1.54) is 11.3 Å². The van der Waals surface area contributed by atoms with Gasteiger partial charge < -0.3 is 10.1 Å². The highest BCUT2D eigenvalue weighted by Gasteiger charge is 2.00. The minimum atomic E-state index is 0.542. The molecule has 0 radical (unpaired) electrons. The first-order valence-electron chi connectivity index (χ1n) is 5.58. The lowest BCUT2D eigenvalue weighted by molar-refractivity contribution is 0.164. The molecule has 0 saturated heterocycles. The lowest BCUT2D eigenvalue weighted by Gasteiger charge is -2.12. The zero-order valence-electron chi connectivity index (χ0n) is 9.92. The molecule has 0 heterocycles. The standard InChI is InChI=1S/C13H21NO/c1-4-12-5-7-13(8-6-12)14-9-11(2)10-15-3/h5-8,11,14H,4,9-10H2,1-3H3. The summed E-state index contributed by atoms with van der Waals surface area (Å²) in [5.74, 6) is 0.542. The van der Waals surface area contributed by atoms with Crippen molar-refractivity contribution < 1.29 is 4.74 Å². The summed E-state index contributed by atoms with van der Waals surface area (Å²) < 4.78 is 5.09. The van der Waals surface area contributed by atoms with E-state index >= 15 is 0 Å². The molecule has 1 unspecified atom stereocenters. The van der Waals surface area contributed by atoms with Crippen LogP contribution in [-0.4, -0.2) is 20.3 Å². The van der Waals surface area contributed by atoms with Gasteiger partial charge in [-0.25, -0.2) is 0 Å². The third-order valence-electron chi connectivity index (χ3n) is 2.47. The molecule has 0 aliphatic heterocycles. The lowest BCUT2D eigenvalue weighted by atomic mass is 10.1. The molecule has 15 heavy (non-hydrogen) atoms. The van der Waals surface area contributed by atoms with E-state index < -0.39 is 0 Å². The fourth-order valence-corrected chi connectivity index (χ4v) is 1.49. The maximum absolute atomic E-state index is 5.09. The number of hydrogen-bond acceptors (Lipinski definition) is 2. The van der Waals surface area contributed by atoms with Crippen molar-refractivity contribution >= 4 is 5.69 Å². The number of methoxy groups -OCH3 is 1. The average Bonchev–Trinajstić information content (AvgIpc) is 2.27. The molecule has 0 saturated carbocycles. The predicted molar refractivity (Wildman–Crippen MR) is 65.3 cm³/mol. The molecule has 2 heteroatoms. The van der Waals surface area contributed by atoms with Crippen LogP contribution in [0.3, 0.4) is 0 Å². The van der Waals surface area contributed by atoms with Crippen LogP contribution in [0.1, 0.15) is 19.4 Å². The maximum atomic E-state index is 5.09. The topological polar surface area (TPSA) is 21.3 Å². The van der Waals surface area contributed by atoms with Crippen molar-refractivity contribution in [1.82, 2.24) is 0 Å². The van der Waals surface area contributed by atoms with E-state index in [2.05, 4.69) is 43.4 Å². The van der Waals surface area contributed by atoms with E-state index in [-0.39, 0.29) is 0 Å². The molecule has 0 bridgehead atoms. The monoisotopic (exact) mass is 207 g/mol. The van der Waals surface area contributed by atoms with Crippen molar-refractivity contribution in [1.29, 1.82) is 0 Å². The molecule has 1 aromatic carbocycles. The number of benzene rings is 1. The van der Waals surface area contributed by atoms with E-state index in [9.17, 15) is 0 Å². The van der Waals surface area contributed by atoms with Gasteiger partial charge >= 0.3 is 0 Å². The van der Waals surface area contributed by atoms with Crippen LogP contribution in [0.25, 0.3) is 0 Å². The minimum absolute atomic E-state index is 0.542. The smallest absolute Gasteiger partial charge is 0.0504 e. The molecule has 0 amide bonds. The molecule has 1 atom stereocenters. The van der Waals surface area contributed by atoms with Crippen molar-refractivity contribution in [2.24, 2.45) is 5.92 Å². The molecule has 1 aromatic rings. The SMILES string of the molecule is CCc1ccc(NCC(C)COC)cc1. The van der Waals surface area contributed by atoms with E-state index in [0.717, 1.165) is 19.6 Å². The Morgan fingerprint density at radius 2 is 1.93 bits per heavy atom. The van der Waals surface area contributed by atoms with Crippen molar-refractivity contribution in [3.8, 4) is 0 Å². The maximum Gasteiger partial charge on any atom is 0.0504 e. The van der Waals surface area contributed by atoms with Crippen LogP contribution in [0.2, 0.25) is 0 Å². The Labute approximate surface area is 92.6 Å². The Balaban J connectivity index is 2.37. The summed E-state index contributed by atoms with van der Waals surface area (Å²) in [4.78, 5) is 0. The minimum Gasteiger partial charge on any atom is -0.385 e. The van der Waals surface area contributed by atoms with Gasteiger partial charge in [-0.05, 0) is 30.0 Å². The van der Waals surface area contributed by atoms with Crippen molar-refractivity contribution in [3.63, 3.8) is 0 Å². The molecular formula is C13H21NO. The summed E-state index contributed by atoms with van der Waals surface area (Å²) in [5, 5.41) is 3.40. The van der Waals surface area contributed by atoms with Crippen LogP contribution < -0.4 is 5.32 Å². The van der Waals surface area contributed by atoms with Gasteiger partial charge in [-0.2, -0.15) is 0 Å². The fraction of sp³-hybridized carbons (Fsp3) is 0.538. The van der Waals surface area contributed by atoms with Gasteiger partial charge in [0.05, 0.1) is 6.61 Å². The number of aryl methyl sites for hydroxylation is 1. The van der Waals surface area contributed by atoms with Crippen LogP contribution in [-0.2, 0) is 11.2 Å². The quantitative estimate of drug-likeness (QED) is 0.774. The zero-order chi connectivity index (χ0) is 11.1. The van der Waals surface area contributed by atoms with Crippen LogP contribution >= 0.6 is 0 Å². The summed E-state index contributed by atoms with van der Waals surface area (Å²) in [5.41, 5.74) is 2.57. The molecule has 0 aromatic heterocycles. The Morgan fingerprint density at radius 1 is 1.27 bits per heavy atom. The van der Waals surface area contributed by atoms with Crippen molar-refractivity contribution in [3.05, 3.63) is 29.8 Å². The molecule has 1 N–H and O–H groups in total. The number of rotatable bonds is 6. The highest BCUT2D eigenvalue weighted by molar-refractivity contribution is 5.44. The molecule has 84 valence electrons. The third-order valence-corrected chi connectivity index (χ3v) is 2.47. The molecular weight excluding hydrogens is 186 g/mol. The Hall–Kier alpha value is -1.02. The largest absolute Gasteiger partial charge is 0.385 e. The first-order chi connectivity index (χ1) is 7.26. The molecule has 0 aliphatic rings. The van der Waals surface area contributed by atoms with Gasteiger partial charge in [-0.15, -0.1) is 0 Å². The Kier molecular flexibility index (Phi) is 5.19. The molecule has 1 rings (SSSR count). The number of hydrogen-bond donors (Lipinski definition) is 1. The summed E-state index contributed by atoms with van der Waals surface area (Å²) in [7, 11) is 1.74. The Morgan fingerprint density at radius 3 is 2.47 bits per heavy atom. The number of ether oxygens (including phenoxy) is 1. The molecule has 2 nitrogen and oxygen atoms in total. The fourth-order valence-electron chi connectivity index (χ4n) is 1.49. The second kappa shape index (κ2) is 6.46. The third kappa shape index (κ3) is 4.34. The lowest BCUT2D eigenvalue weighted by Crippen LogP contribution is -2.15.